The molecule has 1 atom stereocenters. The van der Waals surface area contributed by atoms with Crippen LogP contribution < -0.4 is 10.6 Å². The number of benzene rings is 1. The summed E-state index contributed by atoms with van der Waals surface area (Å²) in [6.07, 6.45) is 3.70. The van der Waals surface area contributed by atoms with Crippen LogP contribution in [0.5, 0.6) is 0 Å². The first-order valence-corrected chi connectivity index (χ1v) is 6.14. The van der Waals surface area contributed by atoms with Crippen molar-refractivity contribution in [1.82, 2.24) is 10.3 Å². The molecule has 0 saturated carbocycles. The molecule has 1 aromatic carbocycles. The molecule has 1 unspecified atom stereocenters. The van der Waals surface area contributed by atoms with E-state index in [1.54, 1.807) is 12.4 Å². The standard InChI is InChI=1S/C14H13N3O2/c18-13-6-10(7-16-13)14(19)17-12-3-1-2-9-4-5-15-8-11(9)12/h1-5,8,10H,6-7H2,(H,16,18)(H,17,19). The molecule has 1 aromatic heterocycles. The average molecular weight is 255 g/mol. The van der Waals surface area contributed by atoms with Gasteiger partial charge in [0.25, 0.3) is 0 Å². The molecule has 0 spiro atoms. The van der Waals surface area contributed by atoms with Gasteiger partial charge in [-0.3, -0.25) is 14.6 Å². The van der Waals surface area contributed by atoms with Crippen LogP contribution in [0.3, 0.4) is 0 Å². The minimum Gasteiger partial charge on any atom is -0.355 e. The molecule has 0 aliphatic carbocycles. The van der Waals surface area contributed by atoms with Gasteiger partial charge in [-0.1, -0.05) is 12.1 Å². The van der Waals surface area contributed by atoms with Crippen LogP contribution in [0.4, 0.5) is 5.69 Å². The van der Waals surface area contributed by atoms with Gasteiger partial charge in [-0.25, -0.2) is 0 Å². The summed E-state index contributed by atoms with van der Waals surface area (Å²) in [7, 11) is 0. The van der Waals surface area contributed by atoms with Gasteiger partial charge in [-0.2, -0.15) is 0 Å². The monoisotopic (exact) mass is 255 g/mol. The lowest BCUT2D eigenvalue weighted by atomic mass is 10.1. The number of aromatic nitrogens is 1. The van der Waals surface area contributed by atoms with Gasteiger partial charge in [-0.05, 0) is 17.5 Å². The Labute approximate surface area is 110 Å². The van der Waals surface area contributed by atoms with Gasteiger partial charge in [0.1, 0.15) is 0 Å². The predicted molar refractivity (Wildman–Crippen MR) is 71.5 cm³/mol. The molecule has 1 fully saturated rings. The van der Waals surface area contributed by atoms with Crippen molar-refractivity contribution < 1.29 is 9.59 Å². The van der Waals surface area contributed by atoms with E-state index in [1.807, 2.05) is 24.3 Å². The lowest BCUT2D eigenvalue weighted by molar-refractivity contribution is -0.123. The highest BCUT2D eigenvalue weighted by molar-refractivity contribution is 6.04. The van der Waals surface area contributed by atoms with Crippen molar-refractivity contribution in [1.29, 1.82) is 0 Å². The van der Waals surface area contributed by atoms with Crippen LogP contribution in [0.2, 0.25) is 0 Å². The summed E-state index contributed by atoms with van der Waals surface area (Å²) < 4.78 is 0. The van der Waals surface area contributed by atoms with E-state index in [1.165, 1.54) is 0 Å². The van der Waals surface area contributed by atoms with Crippen LogP contribution in [0.25, 0.3) is 10.8 Å². The highest BCUT2D eigenvalue weighted by Gasteiger charge is 2.28. The molecule has 0 radical (unpaired) electrons. The van der Waals surface area contributed by atoms with Crippen molar-refractivity contribution in [2.75, 3.05) is 11.9 Å². The Morgan fingerprint density at radius 1 is 1.37 bits per heavy atom. The second kappa shape index (κ2) is 4.68. The topological polar surface area (TPSA) is 71.1 Å². The lowest BCUT2D eigenvalue weighted by Gasteiger charge is -2.11. The molecule has 2 N–H and O–H groups in total. The third-order valence-electron chi connectivity index (χ3n) is 3.29. The molecule has 2 heterocycles. The highest BCUT2D eigenvalue weighted by Crippen LogP contribution is 2.23. The largest absolute Gasteiger partial charge is 0.355 e. The fourth-order valence-corrected chi connectivity index (χ4v) is 2.25. The maximum atomic E-state index is 12.1. The summed E-state index contributed by atoms with van der Waals surface area (Å²) in [4.78, 5) is 27.3. The minimum absolute atomic E-state index is 0.0697. The second-order valence-corrected chi connectivity index (χ2v) is 4.60. The average Bonchev–Trinajstić information content (AvgIpc) is 2.86. The molecule has 96 valence electrons. The van der Waals surface area contributed by atoms with E-state index in [2.05, 4.69) is 15.6 Å². The fraction of sp³-hybridized carbons (Fsp3) is 0.214. The quantitative estimate of drug-likeness (QED) is 0.850. The van der Waals surface area contributed by atoms with Crippen LogP contribution in [0, 0.1) is 5.92 Å². The van der Waals surface area contributed by atoms with Gasteiger partial charge in [-0.15, -0.1) is 0 Å². The highest BCUT2D eigenvalue weighted by atomic mass is 16.2. The molecule has 3 rings (SSSR count). The first-order valence-electron chi connectivity index (χ1n) is 6.14. The van der Waals surface area contributed by atoms with E-state index >= 15 is 0 Å². The Hall–Kier alpha value is -2.43. The summed E-state index contributed by atoms with van der Waals surface area (Å²) in [6.45, 7) is 0.410. The van der Waals surface area contributed by atoms with Gasteiger partial charge in [0.2, 0.25) is 11.8 Å². The zero-order valence-electron chi connectivity index (χ0n) is 10.2. The van der Waals surface area contributed by atoms with Crippen molar-refractivity contribution in [2.45, 2.75) is 6.42 Å². The molecular weight excluding hydrogens is 242 g/mol. The molecule has 2 aromatic rings. The van der Waals surface area contributed by atoms with Crippen molar-refractivity contribution in [3.8, 4) is 0 Å². The zero-order valence-corrected chi connectivity index (χ0v) is 10.2. The molecular formula is C14H13N3O2. The number of carbonyl (C=O) groups is 2. The third kappa shape index (κ3) is 2.27. The molecule has 0 bridgehead atoms. The van der Waals surface area contributed by atoms with Gasteiger partial charge in [0.15, 0.2) is 0 Å². The minimum atomic E-state index is -0.292. The molecule has 19 heavy (non-hydrogen) atoms. The summed E-state index contributed by atoms with van der Waals surface area (Å²) in [6, 6.07) is 7.58. The first kappa shape index (κ1) is 11.6. The van der Waals surface area contributed by atoms with Crippen LogP contribution >= 0.6 is 0 Å². The van der Waals surface area contributed by atoms with Gasteiger partial charge in [0, 0.05) is 30.7 Å². The Bertz CT molecular complexity index is 649. The predicted octanol–water partition coefficient (Wildman–Crippen LogP) is 1.31. The molecule has 2 amide bonds. The number of fused-ring (bicyclic) bond motifs is 1. The number of carbonyl (C=O) groups excluding carboxylic acids is 2. The van der Waals surface area contributed by atoms with Gasteiger partial charge < -0.3 is 10.6 Å². The number of hydrogen-bond donors (Lipinski definition) is 2. The maximum Gasteiger partial charge on any atom is 0.229 e. The Balaban J connectivity index is 1.85. The SMILES string of the molecule is O=C1CC(C(=O)Nc2cccc3ccncc23)CN1. The number of hydrogen-bond acceptors (Lipinski definition) is 3. The van der Waals surface area contributed by atoms with E-state index < -0.39 is 0 Å². The zero-order chi connectivity index (χ0) is 13.2. The van der Waals surface area contributed by atoms with Crippen molar-refractivity contribution in [2.24, 2.45) is 5.92 Å². The van der Waals surface area contributed by atoms with Crippen molar-refractivity contribution >= 4 is 28.3 Å². The summed E-state index contributed by atoms with van der Waals surface area (Å²) >= 11 is 0. The van der Waals surface area contributed by atoms with Gasteiger partial charge >= 0.3 is 0 Å². The molecule has 5 nitrogen and oxygen atoms in total. The number of anilines is 1. The smallest absolute Gasteiger partial charge is 0.229 e. The van der Waals surface area contributed by atoms with E-state index in [9.17, 15) is 9.59 Å². The molecule has 5 heteroatoms. The number of pyridine rings is 1. The summed E-state index contributed by atoms with van der Waals surface area (Å²) in [5.74, 6) is -0.492. The number of nitrogens with one attached hydrogen (secondary N) is 2. The Morgan fingerprint density at radius 2 is 2.26 bits per heavy atom. The van der Waals surface area contributed by atoms with E-state index in [4.69, 9.17) is 0 Å². The lowest BCUT2D eigenvalue weighted by Crippen LogP contribution is -2.24. The summed E-state index contributed by atoms with van der Waals surface area (Å²) in [5, 5.41) is 7.46. The number of rotatable bonds is 2. The normalized spacial score (nSPS) is 18.3. The maximum absolute atomic E-state index is 12.1. The fourth-order valence-electron chi connectivity index (χ4n) is 2.25. The van der Waals surface area contributed by atoms with E-state index in [-0.39, 0.29) is 24.2 Å². The van der Waals surface area contributed by atoms with E-state index in [0.717, 1.165) is 16.5 Å². The van der Waals surface area contributed by atoms with Crippen molar-refractivity contribution in [3.05, 3.63) is 36.7 Å². The van der Waals surface area contributed by atoms with E-state index in [0.29, 0.717) is 6.54 Å². The molecule has 1 saturated heterocycles. The molecule has 1 aliphatic heterocycles. The third-order valence-corrected chi connectivity index (χ3v) is 3.29. The Morgan fingerprint density at radius 3 is 3.05 bits per heavy atom. The van der Waals surface area contributed by atoms with Crippen LogP contribution in [-0.2, 0) is 9.59 Å². The second-order valence-electron chi connectivity index (χ2n) is 4.60. The number of nitrogens with zero attached hydrogens (tertiary/aromatic N) is 1. The van der Waals surface area contributed by atoms with Crippen LogP contribution in [-0.4, -0.2) is 23.3 Å². The van der Waals surface area contributed by atoms with Crippen LogP contribution in [0.15, 0.2) is 36.7 Å². The van der Waals surface area contributed by atoms with Crippen LogP contribution in [0.1, 0.15) is 6.42 Å². The number of amides is 2. The van der Waals surface area contributed by atoms with Crippen molar-refractivity contribution in [3.63, 3.8) is 0 Å². The summed E-state index contributed by atoms with van der Waals surface area (Å²) in [5.41, 5.74) is 0.731. The van der Waals surface area contributed by atoms with Gasteiger partial charge in [0.05, 0.1) is 11.6 Å². The Kier molecular flexibility index (Phi) is 2.87. The first-order chi connectivity index (χ1) is 9.24. The molecule has 1 aliphatic rings.